The van der Waals surface area contributed by atoms with E-state index in [2.05, 4.69) is 14.9 Å². The van der Waals surface area contributed by atoms with Crippen molar-refractivity contribution in [2.45, 2.75) is 17.5 Å². The number of nitrogens with zero attached hydrogens (tertiary/aromatic N) is 2. The Morgan fingerprint density at radius 2 is 1.76 bits per heavy atom. The molecule has 0 bridgehead atoms. The fourth-order valence-corrected chi connectivity index (χ4v) is 5.19. The first kappa shape index (κ1) is 21.9. The minimum absolute atomic E-state index is 0.0922. The van der Waals surface area contributed by atoms with Gasteiger partial charge in [-0.1, -0.05) is 35.0 Å². The van der Waals surface area contributed by atoms with Crippen molar-refractivity contribution in [3.63, 3.8) is 0 Å². The van der Waals surface area contributed by atoms with Crippen LogP contribution in [0.1, 0.15) is 17.5 Å². The van der Waals surface area contributed by atoms with Crippen LogP contribution in [-0.4, -0.2) is 24.0 Å². The first-order chi connectivity index (χ1) is 15.8. The van der Waals surface area contributed by atoms with E-state index in [9.17, 15) is 18.0 Å². The van der Waals surface area contributed by atoms with Crippen LogP contribution in [0.25, 0.3) is 11.1 Å². The number of fused-ring (bicyclic) bond motifs is 1. The van der Waals surface area contributed by atoms with Gasteiger partial charge in [-0.15, -0.1) is 11.8 Å². The highest BCUT2D eigenvalue weighted by Crippen LogP contribution is 2.42. The quantitative estimate of drug-likeness (QED) is 0.375. The number of rotatable bonds is 3. The molecule has 0 N–H and O–H groups in total. The smallest absolute Gasteiger partial charge is 0.340 e. The largest absolute Gasteiger partial charge is 0.416 e. The molecule has 5 rings (SSSR count). The first-order valence-electron chi connectivity index (χ1n) is 10.1. The Bertz CT molecular complexity index is 1280. The fraction of sp³-hybridized carbons (Fsp3) is 0.167. The van der Waals surface area contributed by atoms with Gasteiger partial charge in [0.25, 0.3) is 0 Å². The maximum absolute atomic E-state index is 12.9. The molecule has 0 fully saturated rings. The molecule has 0 saturated carbocycles. The van der Waals surface area contributed by atoms with E-state index in [4.69, 9.17) is 11.6 Å². The highest BCUT2D eigenvalue weighted by Gasteiger charge is 2.30. The average Bonchev–Trinajstić information content (AvgIpc) is 3.23. The molecule has 0 saturated heterocycles. The minimum Gasteiger partial charge on any atom is -0.340 e. The van der Waals surface area contributed by atoms with Gasteiger partial charge in [0.2, 0.25) is 0 Å². The van der Waals surface area contributed by atoms with E-state index in [1.807, 2.05) is 36.4 Å². The number of carbonyl (C=O) groups is 1. The molecule has 0 atom stereocenters. The standard InChI is InChI=1S/C24H16ClF3N2O2S/c25-19-12-17(6-7-18(19)20-13-23(31)32-29-20)30-9-10-33-22-11-15(3-8-21(22)30)14-1-4-16(5-2-14)24(26,27)28/h1-8,11-12H,9-10,13H2. The van der Waals surface area contributed by atoms with Gasteiger partial charge in [-0.25, -0.2) is 4.79 Å². The van der Waals surface area contributed by atoms with Crippen molar-refractivity contribution in [2.24, 2.45) is 5.16 Å². The highest BCUT2D eigenvalue weighted by molar-refractivity contribution is 7.99. The lowest BCUT2D eigenvalue weighted by atomic mass is 10.0. The van der Waals surface area contributed by atoms with Crippen molar-refractivity contribution in [1.82, 2.24) is 0 Å². The van der Waals surface area contributed by atoms with Crippen LogP contribution in [0.3, 0.4) is 0 Å². The highest BCUT2D eigenvalue weighted by atomic mass is 35.5. The topological polar surface area (TPSA) is 41.9 Å². The summed E-state index contributed by atoms with van der Waals surface area (Å²) >= 11 is 8.20. The van der Waals surface area contributed by atoms with E-state index in [1.54, 1.807) is 11.8 Å². The average molecular weight is 489 g/mol. The molecule has 2 heterocycles. The summed E-state index contributed by atoms with van der Waals surface area (Å²) in [7, 11) is 0. The third kappa shape index (κ3) is 4.32. The summed E-state index contributed by atoms with van der Waals surface area (Å²) in [6.07, 6.45) is -4.26. The van der Waals surface area contributed by atoms with E-state index in [1.165, 1.54) is 12.1 Å². The van der Waals surface area contributed by atoms with Crippen LogP contribution < -0.4 is 4.90 Å². The zero-order chi connectivity index (χ0) is 23.2. The van der Waals surface area contributed by atoms with Crippen molar-refractivity contribution < 1.29 is 22.8 Å². The zero-order valence-electron chi connectivity index (χ0n) is 17.0. The predicted octanol–water partition coefficient (Wildman–Crippen LogP) is 6.92. The molecule has 4 nitrogen and oxygen atoms in total. The molecule has 2 aliphatic heterocycles. The lowest BCUT2D eigenvalue weighted by Gasteiger charge is -2.31. The van der Waals surface area contributed by atoms with Gasteiger partial charge in [0.1, 0.15) is 5.71 Å². The number of anilines is 2. The maximum atomic E-state index is 12.9. The van der Waals surface area contributed by atoms with E-state index in [-0.39, 0.29) is 6.42 Å². The fourth-order valence-electron chi connectivity index (χ4n) is 3.88. The summed E-state index contributed by atoms with van der Waals surface area (Å²) in [6.45, 7) is 0.773. The minimum atomic E-state index is -4.35. The van der Waals surface area contributed by atoms with E-state index in [0.717, 1.165) is 51.8 Å². The molecule has 0 unspecified atom stereocenters. The van der Waals surface area contributed by atoms with Gasteiger partial charge in [-0.05, 0) is 53.6 Å². The molecule has 33 heavy (non-hydrogen) atoms. The van der Waals surface area contributed by atoms with Gasteiger partial charge in [-0.3, -0.25) is 0 Å². The summed E-state index contributed by atoms with van der Waals surface area (Å²) in [5.74, 6) is 0.439. The van der Waals surface area contributed by atoms with E-state index < -0.39 is 17.7 Å². The third-order valence-electron chi connectivity index (χ3n) is 5.51. The Labute approximate surface area is 197 Å². The summed E-state index contributed by atoms with van der Waals surface area (Å²) in [5.41, 5.74) is 3.99. The summed E-state index contributed by atoms with van der Waals surface area (Å²) < 4.78 is 38.6. The first-order valence-corrected chi connectivity index (χ1v) is 11.4. The number of halogens is 4. The molecule has 0 radical (unpaired) electrons. The molecule has 0 amide bonds. The number of hydrogen-bond acceptors (Lipinski definition) is 5. The van der Waals surface area contributed by atoms with Crippen LogP contribution >= 0.6 is 23.4 Å². The second-order valence-electron chi connectivity index (χ2n) is 7.60. The Morgan fingerprint density at radius 3 is 2.42 bits per heavy atom. The molecule has 0 aliphatic carbocycles. The Balaban J connectivity index is 1.43. The number of thioether (sulfide) groups is 1. The monoisotopic (exact) mass is 488 g/mol. The Morgan fingerprint density at radius 1 is 1.00 bits per heavy atom. The van der Waals surface area contributed by atoms with Crippen LogP contribution in [0.5, 0.6) is 0 Å². The number of alkyl halides is 3. The number of benzene rings is 3. The molecule has 0 spiro atoms. The lowest BCUT2D eigenvalue weighted by molar-refractivity contribution is -0.140. The van der Waals surface area contributed by atoms with Crippen LogP contribution in [0.2, 0.25) is 5.02 Å². The van der Waals surface area contributed by atoms with Gasteiger partial charge in [-0.2, -0.15) is 13.2 Å². The van der Waals surface area contributed by atoms with Crippen LogP contribution in [0.15, 0.2) is 70.7 Å². The molecule has 3 aromatic rings. The van der Waals surface area contributed by atoms with Gasteiger partial charge in [0, 0.05) is 28.4 Å². The van der Waals surface area contributed by atoms with Crippen molar-refractivity contribution in [3.8, 4) is 11.1 Å². The lowest BCUT2D eigenvalue weighted by Crippen LogP contribution is -2.24. The molecule has 168 valence electrons. The van der Waals surface area contributed by atoms with Crippen LogP contribution in [0.4, 0.5) is 24.5 Å². The molecular formula is C24H16ClF3N2O2S. The second-order valence-corrected chi connectivity index (χ2v) is 9.14. The molecular weight excluding hydrogens is 473 g/mol. The molecule has 0 aromatic heterocycles. The SMILES string of the molecule is O=C1CC(c2ccc(N3CCSc4cc(-c5ccc(C(F)(F)F)cc5)ccc43)cc2Cl)=NO1. The van der Waals surface area contributed by atoms with Crippen molar-refractivity contribution in [2.75, 3.05) is 17.2 Å². The summed E-state index contributed by atoms with van der Waals surface area (Å²) in [4.78, 5) is 19.2. The van der Waals surface area contributed by atoms with Gasteiger partial charge in [0.05, 0.1) is 22.7 Å². The van der Waals surface area contributed by atoms with Crippen LogP contribution in [-0.2, 0) is 15.8 Å². The van der Waals surface area contributed by atoms with Crippen molar-refractivity contribution in [1.29, 1.82) is 0 Å². The van der Waals surface area contributed by atoms with E-state index >= 15 is 0 Å². The molecule has 9 heteroatoms. The second kappa shape index (κ2) is 8.43. The van der Waals surface area contributed by atoms with Gasteiger partial charge in [0.15, 0.2) is 0 Å². The predicted molar refractivity (Wildman–Crippen MR) is 123 cm³/mol. The normalized spacial score (nSPS) is 15.8. The number of carbonyl (C=O) groups excluding carboxylic acids is 1. The van der Waals surface area contributed by atoms with E-state index in [0.29, 0.717) is 16.3 Å². The maximum Gasteiger partial charge on any atom is 0.416 e. The molecule has 2 aliphatic rings. The Hall–Kier alpha value is -2.97. The number of hydrogen-bond donors (Lipinski definition) is 0. The van der Waals surface area contributed by atoms with Gasteiger partial charge >= 0.3 is 12.1 Å². The van der Waals surface area contributed by atoms with Crippen LogP contribution in [0, 0.1) is 0 Å². The summed E-state index contributed by atoms with van der Waals surface area (Å²) in [6, 6.07) is 16.7. The van der Waals surface area contributed by atoms with Crippen molar-refractivity contribution >= 4 is 46.4 Å². The number of oxime groups is 1. The van der Waals surface area contributed by atoms with Crippen molar-refractivity contribution in [3.05, 3.63) is 76.8 Å². The van der Waals surface area contributed by atoms with Gasteiger partial charge < -0.3 is 9.74 Å². The zero-order valence-corrected chi connectivity index (χ0v) is 18.6. The Kier molecular flexibility index (Phi) is 5.58. The summed E-state index contributed by atoms with van der Waals surface area (Å²) in [5, 5.41) is 4.26. The molecule has 3 aromatic carbocycles. The third-order valence-corrected chi connectivity index (χ3v) is 6.85.